The van der Waals surface area contributed by atoms with E-state index in [4.69, 9.17) is 16.7 Å². The molecule has 0 spiro atoms. The van der Waals surface area contributed by atoms with Crippen molar-refractivity contribution in [2.45, 2.75) is 11.5 Å². The fourth-order valence-electron chi connectivity index (χ4n) is 1.68. The zero-order chi connectivity index (χ0) is 15.6. The molecule has 0 radical (unpaired) electrons. The van der Waals surface area contributed by atoms with Gasteiger partial charge < -0.3 is 5.11 Å². The van der Waals surface area contributed by atoms with E-state index >= 15 is 0 Å². The van der Waals surface area contributed by atoms with E-state index in [-0.39, 0.29) is 16.3 Å². The van der Waals surface area contributed by atoms with Crippen LogP contribution in [0.2, 0.25) is 5.02 Å². The van der Waals surface area contributed by atoms with Crippen LogP contribution in [0.15, 0.2) is 41.3 Å². The van der Waals surface area contributed by atoms with Gasteiger partial charge in [0, 0.05) is 5.02 Å². The van der Waals surface area contributed by atoms with Crippen molar-refractivity contribution in [3.8, 4) is 0 Å². The zero-order valence-electron chi connectivity index (χ0n) is 10.5. The van der Waals surface area contributed by atoms with Crippen LogP contribution in [0.5, 0.6) is 0 Å². The maximum absolute atomic E-state index is 13.6. The molecule has 0 unspecified atom stereocenters. The van der Waals surface area contributed by atoms with Crippen molar-refractivity contribution in [1.82, 2.24) is 0 Å². The molecule has 0 aliphatic heterocycles. The number of hydrogen-bond acceptors (Lipinski definition) is 3. The third kappa shape index (κ3) is 3.49. The van der Waals surface area contributed by atoms with Crippen LogP contribution in [0.3, 0.4) is 0 Å². The Bertz CT molecular complexity index is 781. The van der Waals surface area contributed by atoms with Crippen LogP contribution in [0.25, 0.3) is 0 Å². The Morgan fingerprint density at radius 1 is 1.14 bits per heavy atom. The van der Waals surface area contributed by atoms with Crippen LogP contribution >= 0.6 is 11.6 Å². The van der Waals surface area contributed by atoms with Gasteiger partial charge in [0.05, 0.1) is 17.2 Å². The van der Waals surface area contributed by atoms with Gasteiger partial charge in [0.15, 0.2) is 0 Å². The van der Waals surface area contributed by atoms with Gasteiger partial charge in [-0.15, -0.1) is 0 Å². The summed E-state index contributed by atoms with van der Waals surface area (Å²) in [6, 6.07) is 6.25. The Balaban J connectivity index is 2.48. The molecule has 21 heavy (non-hydrogen) atoms. The first-order valence-corrected chi connectivity index (χ1v) is 7.57. The second-order valence-electron chi connectivity index (χ2n) is 4.14. The number of rotatable bonds is 4. The summed E-state index contributed by atoms with van der Waals surface area (Å²) < 4.78 is 53.2. The molecule has 0 bridgehead atoms. The van der Waals surface area contributed by atoms with Crippen molar-refractivity contribution >= 4 is 27.3 Å². The molecule has 0 amide bonds. The minimum atomic E-state index is -4.27. The van der Waals surface area contributed by atoms with Gasteiger partial charge in [-0.1, -0.05) is 17.7 Å². The molecule has 112 valence electrons. The number of aliphatic hydroxyl groups is 1. The minimum absolute atomic E-state index is 0.00802. The first kappa shape index (κ1) is 15.7. The lowest BCUT2D eigenvalue weighted by Crippen LogP contribution is -2.16. The molecule has 0 aromatic heterocycles. The highest BCUT2D eigenvalue weighted by Crippen LogP contribution is 2.25. The van der Waals surface area contributed by atoms with E-state index in [1.165, 1.54) is 6.07 Å². The van der Waals surface area contributed by atoms with Gasteiger partial charge in [0.25, 0.3) is 10.0 Å². The van der Waals surface area contributed by atoms with Crippen LogP contribution < -0.4 is 4.72 Å². The first-order chi connectivity index (χ1) is 9.83. The van der Waals surface area contributed by atoms with Crippen molar-refractivity contribution < 1.29 is 22.3 Å². The SMILES string of the molecule is O=S(=O)(Nc1cc(Cl)ccc1F)c1cc(F)ccc1CO. The highest BCUT2D eigenvalue weighted by Gasteiger charge is 2.21. The lowest BCUT2D eigenvalue weighted by Gasteiger charge is -2.12. The lowest BCUT2D eigenvalue weighted by molar-refractivity contribution is 0.278. The van der Waals surface area contributed by atoms with E-state index in [1.807, 2.05) is 4.72 Å². The average Bonchev–Trinajstić information content (AvgIpc) is 2.42. The van der Waals surface area contributed by atoms with Crippen molar-refractivity contribution in [3.63, 3.8) is 0 Å². The lowest BCUT2D eigenvalue weighted by atomic mass is 10.2. The number of aliphatic hydroxyl groups excluding tert-OH is 1. The Kier molecular flexibility index (Phi) is 4.46. The summed E-state index contributed by atoms with van der Waals surface area (Å²) in [5, 5.41) is 9.26. The number of benzene rings is 2. The maximum Gasteiger partial charge on any atom is 0.262 e. The third-order valence-electron chi connectivity index (χ3n) is 2.66. The van der Waals surface area contributed by atoms with Crippen molar-refractivity contribution in [3.05, 3.63) is 58.6 Å². The Labute approximate surface area is 125 Å². The van der Waals surface area contributed by atoms with Crippen LogP contribution in [-0.2, 0) is 16.6 Å². The van der Waals surface area contributed by atoms with Gasteiger partial charge in [-0.3, -0.25) is 4.72 Å². The minimum Gasteiger partial charge on any atom is -0.392 e. The molecule has 0 aliphatic carbocycles. The van der Waals surface area contributed by atoms with Crippen molar-refractivity contribution in [1.29, 1.82) is 0 Å². The smallest absolute Gasteiger partial charge is 0.262 e. The fourth-order valence-corrected chi connectivity index (χ4v) is 3.16. The number of halogens is 3. The summed E-state index contributed by atoms with van der Waals surface area (Å²) in [6.07, 6.45) is 0. The van der Waals surface area contributed by atoms with Crippen molar-refractivity contribution in [2.75, 3.05) is 4.72 Å². The standard InChI is InChI=1S/C13H10ClF2NO3S/c14-9-2-4-11(16)12(5-9)17-21(19,20)13-6-10(15)3-1-8(13)7-18/h1-6,17-18H,7H2. The molecule has 4 nitrogen and oxygen atoms in total. The number of anilines is 1. The van der Waals surface area contributed by atoms with E-state index in [9.17, 15) is 17.2 Å². The normalized spacial score (nSPS) is 11.4. The monoisotopic (exact) mass is 333 g/mol. The van der Waals surface area contributed by atoms with Crippen LogP contribution in [0.1, 0.15) is 5.56 Å². The Morgan fingerprint density at radius 3 is 2.52 bits per heavy atom. The molecule has 2 aromatic carbocycles. The van der Waals surface area contributed by atoms with E-state index in [0.29, 0.717) is 0 Å². The molecule has 2 rings (SSSR count). The predicted molar refractivity (Wildman–Crippen MR) is 74.5 cm³/mol. The molecule has 2 aromatic rings. The second kappa shape index (κ2) is 5.97. The molecule has 2 N–H and O–H groups in total. The molecule has 0 saturated heterocycles. The third-order valence-corrected chi connectivity index (χ3v) is 4.34. The largest absolute Gasteiger partial charge is 0.392 e. The summed E-state index contributed by atoms with van der Waals surface area (Å²) >= 11 is 5.67. The Hall–Kier alpha value is -1.70. The fraction of sp³-hybridized carbons (Fsp3) is 0.0769. The molecule has 0 aliphatic rings. The van der Waals surface area contributed by atoms with Crippen LogP contribution in [-0.4, -0.2) is 13.5 Å². The number of sulfonamides is 1. The molecule has 0 fully saturated rings. The van der Waals surface area contributed by atoms with Gasteiger partial charge in [0.1, 0.15) is 11.6 Å². The van der Waals surface area contributed by atoms with E-state index < -0.39 is 33.2 Å². The number of nitrogens with one attached hydrogen (secondary N) is 1. The highest BCUT2D eigenvalue weighted by molar-refractivity contribution is 7.92. The molecule has 0 saturated carbocycles. The molecular weight excluding hydrogens is 324 g/mol. The van der Waals surface area contributed by atoms with Gasteiger partial charge in [-0.2, -0.15) is 0 Å². The van der Waals surface area contributed by atoms with E-state index in [1.54, 1.807) is 0 Å². The van der Waals surface area contributed by atoms with Crippen LogP contribution in [0, 0.1) is 11.6 Å². The topological polar surface area (TPSA) is 66.4 Å². The molecular formula is C13H10ClF2NO3S. The molecule has 0 heterocycles. The maximum atomic E-state index is 13.6. The van der Waals surface area contributed by atoms with Gasteiger partial charge in [-0.25, -0.2) is 17.2 Å². The van der Waals surface area contributed by atoms with Crippen molar-refractivity contribution in [2.24, 2.45) is 0 Å². The molecule has 0 atom stereocenters. The summed E-state index contributed by atoms with van der Waals surface area (Å²) in [5.41, 5.74) is -0.373. The van der Waals surface area contributed by atoms with E-state index in [0.717, 1.165) is 30.3 Å². The van der Waals surface area contributed by atoms with Gasteiger partial charge >= 0.3 is 0 Å². The quantitative estimate of drug-likeness (QED) is 0.904. The van der Waals surface area contributed by atoms with Gasteiger partial charge in [0.2, 0.25) is 0 Å². The first-order valence-electron chi connectivity index (χ1n) is 5.70. The summed E-state index contributed by atoms with van der Waals surface area (Å²) in [5.74, 6) is -1.62. The summed E-state index contributed by atoms with van der Waals surface area (Å²) in [4.78, 5) is -0.468. The summed E-state index contributed by atoms with van der Waals surface area (Å²) in [6.45, 7) is -0.603. The van der Waals surface area contributed by atoms with E-state index in [2.05, 4.69) is 0 Å². The predicted octanol–water partition coefficient (Wildman–Crippen LogP) is 2.91. The number of hydrogen-bond donors (Lipinski definition) is 2. The molecule has 8 heteroatoms. The van der Waals surface area contributed by atoms with Crippen LogP contribution in [0.4, 0.5) is 14.5 Å². The average molecular weight is 334 g/mol. The second-order valence-corrected chi connectivity index (χ2v) is 6.23. The Morgan fingerprint density at radius 2 is 1.86 bits per heavy atom. The zero-order valence-corrected chi connectivity index (χ0v) is 12.0. The van der Waals surface area contributed by atoms with Gasteiger partial charge in [-0.05, 0) is 35.9 Å². The summed E-state index contributed by atoms with van der Waals surface area (Å²) in [7, 11) is -4.27. The highest BCUT2D eigenvalue weighted by atomic mass is 35.5.